The van der Waals surface area contributed by atoms with Crippen LogP contribution in [0.25, 0.3) is 0 Å². The fourth-order valence-corrected chi connectivity index (χ4v) is 2.04. The molecule has 0 saturated carbocycles. The highest BCUT2D eigenvalue weighted by molar-refractivity contribution is 9.10. The molecule has 20 heavy (non-hydrogen) atoms. The molecular weight excluding hydrogens is 322 g/mol. The van der Waals surface area contributed by atoms with Crippen molar-refractivity contribution in [1.29, 1.82) is 0 Å². The molecule has 2 N–H and O–H groups in total. The highest BCUT2D eigenvalue weighted by Gasteiger charge is 2.19. The van der Waals surface area contributed by atoms with Crippen LogP contribution in [0.15, 0.2) is 22.7 Å². The van der Waals surface area contributed by atoms with E-state index in [1.54, 1.807) is 26.0 Å². The van der Waals surface area contributed by atoms with Crippen molar-refractivity contribution in [3.05, 3.63) is 28.2 Å². The first-order valence-corrected chi connectivity index (χ1v) is 7.59. The van der Waals surface area contributed by atoms with E-state index in [4.69, 9.17) is 4.74 Å². The van der Waals surface area contributed by atoms with Gasteiger partial charge in [0.2, 0.25) is 0 Å². The lowest BCUT2D eigenvalue weighted by Gasteiger charge is -2.20. The summed E-state index contributed by atoms with van der Waals surface area (Å²) in [4.78, 5) is 12.0. The van der Waals surface area contributed by atoms with Gasteiger partial charge in [-0.25, -0.2) is 0 Å². The van der Waals surface area contributed by atoms with Crippen LogP contribution in [0, 0.1) is 0 Å². The van der Waals surface area contributed by atoms with Crippen molar-refractivity contribution in [2.75, 3.05) is 0 Å². The maximum Gasteiger partial charge on any atom is 0.260 e. The van der Waals surface area contributed by atoms with Crippen LogP contribution in [0.2, 0.25) is 0 Å². The van der Waals surface area contributed by atoms with Crippen LogP contribution >= 0.6 is 15.9 Å². The highest BCUT2D eigenvalue weighted by atomic mass is 79.9. The van der Waals surface area contributed by atoms with Crippen LogP contribution in [0.5, 0.6) is 5.75 Å². The zero-order chi connectivity index (χ0) is 15.3. The number of nitrogens with one attached hydrogen (secondary N) is 1. The van der Waals surface area contributed by atoms with Gasteiger partial charge in [-0.15, -0.1) is 0 Å². The van der Waals surface area contributed by atoms with Gasteiger partial charge in [0.25, 0.3) is 5.91 Å². The van der Waals surface area contributed by atoms with E-state index in [-0.39, 0.29) is 11.9 Å². The predicted molar refractivity (Wildman–Crippen MR) is 82.8 cm³/mol. The van der Waals surface area contributed by atoms with Gasteiger partial charge in [0, 0.05) is 16.1 Å². The lowest BCUT2D eigenvalue weighted by molar-refractivity contribution is -0.127. The Morgan fingerprint density at radius 3 is 2.60 bits per heavy atom. The van der Waals surface area contributed by atoms with Crippen LogP contribution in [0.1, 0.15) is 45.8 Å². The summed E-state index contributed by atoms with van der Waals surface area (Å²) in [6.07, 6.45) is -0.398. The fourth-order valence-electron chi connectivity index (χ4n) is 1.66. The molecule has 4 nitrogen and oxygen atoms in total. The highest BCUT2D eigenvalue weighted by Crippen LogP contribution is 2.29. The van der Waals surface area contributed by atoms with E-state index < -0.39 is 12.2 Å². The third kappa shape index (κ3) is 4.80. The number of aliphatic hydroxyl groups excluding tert-OH is 1. The minimum Gasteiger partial charge on any atom is -0.481 e. The van der Waals surface area contributed by atoms with Gasteiger partial charge in [0.1, 0.15) is 5.75 Å². The SMILES string of the molecule is CCC(C)NC(=O)C(C)Oc1ccc(Br)cc1[C@H](C)O. The first kappa shape index (κ1) is 17.0. The Labute approximate surface area is 128 Å². The summed E-state index contributed by atoms with van der Waals surface area (Å²) in [6.45, 7) is 7.33. The monoisotopic (exact) mass is 343 g/mol. The van der Waals surface area contributed by atoms with E-state index in [2.05, 4.69) is 21.2 Å². The lowest BCUT2D eigenvalue weighted by atomic mass is 10.1. The molecule has 0 heterocycles. The first-order chi connectivity index (χ1) is 9.35. The molecule has 112 valence electrons. The van der Waals surface area contributed by atoms with Gasteiger partial charge >= 0.3 is 0 Å². The van der Waals surface area contributed by atoms with E-state index in [0.29, 0.717) is 11.3 Å². The summed E-state index contributed by atoms with van der Waals surface area (Å²) in [6, 6.07) is 5.48. The molecule has 0 aliphatic carbocycles. The zero-order valence-corrected chi connectivity index (χ0v) is 13.9. The Hall–Kier alpha value is -1.07. The van der Waals surface area contributed by atoms with E-state index in [1.807, 2.05) is 19.9 Å². The van der Waals surface area contributed by atoms with Crippen LogP contribution in [0.3, 0.4) is 0 Å². The average Bonchev–Trinajstić information content (AvgIpc) is 2.40. The molecule has 1 rings (SSSR count). The number of benzene rings is 1. The summed E-state index contributed by atoms with van der Waals surface area (Å²) in [7, 11) is 0. The van der Waals surface area contributed by atoms with Gasteiger partial charge < -0.3 is 15.2 Å². The van der Waals surface area contributed by atoms with Crippen LogP contribution in [-0.2, 0) is 4.79 Å². The molecule has 1 aromatic rings. The number of carbonyl (C=O) groups is 1. The zero-order valence-electron chi connectivity index (χ0n) is 12.3. The summed E-state index contributed by atoms with van der Waals surface area (Å²) >= 11 is 3.36. The molecule has 0 spiro atoms. The van der Waals surface area contributed by atoms with Gasteiger partial charge in [-0.05, 0) is 45.4 Å². The lowest BCUT2D eigenvalue weighted by Crippen LogP contribution is -2.41. The van der Waals surface area contributed by atoms with Gasteiger partial charge in [-0.3, -0.25) is 4.79 Å². The van der Waals surface area contributed by atoms with Crippen LogP contribution in [0.4, 0.5) is 0 Å². The van der Waals surface area contributed by atoms with Crippen molar-refractivity contribution in [1.82, 2.24) is 5.32 Å². The number of aliphatic hydroxyl groups is 1. The molecule has 0 saturated heterocycles. The second kappa shape index (κ2) is 7.64. The molecule has 1 amide bonds. The number of hydrogen-bond donors (Lipinski definition) is 2. The van der Waals surface area contributed by atoms with Crippen molar-refractivity contribution in [2.45, 2.75) is 52.4 Å². The molecule has 2 unspecified atom stereocenters. The molecule has 0 radical (unpaired) electrons. The maximum absolute atomic E-state index is 12.0. The van der Waals surface area contributed by atoms with Crippen molar-refractivity contribution < 1.29 is 14.6 Å². The maximum atomic E-state index is 12.0. The summed E-state index contributed by atoms with van der Waals surface area (Å²) < 4.78 is 6.53. The fraction of sp³-hybridized carbons (Fsp3) is 0.533. The molecule has 1 aromatic carbocycles. The molecule has 0 aromatic heterocycles. The van der Waals surface area contributed by atoms with E-state index in [9.17, 15) is 9.90 Å². The van der Waals surface area contributed by atoms with Gasteiger partial charge in [-0.1, -0.05) is 22.9 Å². The Bertz CT molecular complexity index is 462. The van der Waals surface area contributed by atoms with Crippen molar-refractivity contribution in [3.8, 4) is 5.75 Å². The summed E-state index contributed by atoms with van der Waals surface area (Å²) in [5.74, 6) is 0.369. The van der Waals surface area contributed by atoms with Crippen molar-refractivity contribution in [2.24, 2.45) is 0 Å². The first-order valence-electron chi connectivity index (χ1n) is 6.79. The van der Waals surface area contributed by atoms with Gasteiger partial charge in [-0.2, -0.15) is 0 Å². The molecule has 0 aliphatic heterocycles. The molecule has 0 bridgehead atoms. The Morgan fingerprint density at radius 2 is 2.05 bits per heavy atom. The van der Waals surface area contributed by atoms with Crippen molar-refractivity contribution >= 4 is 21.8 Å². The normalized spacial score (nSPS) is 15.3. The average molecular weight is 344 g/mol. The number of halogens is 1. The molecule has 0 fully saturated rings. The Balaban J connectivity index is 2.80. The second-order valence-corrected chi connectivity index (χ2v) is 5.85. The quantitative estimate of drug-likeness (QED) is 0.833. The number of amides is 1. The van der Waals surface area contributed by atoms with E-state index in [1.165, 1.54) is 0 Å². The second-order valence-electron chi connectivity index (χ2n) is 4.94. The minimum absolute atomic E-state index is 0.120. The van der Waals surface area contributed by atoms with Gasteiger partial charge in [0.05, 0.1) is 6.10 Å². The number of rotatable bonds is 6. The Morgan fingerprint density at radius 1 is 1.40 bits per heavy atom. The largest absolute Gasteiger partial charge is 0.481 e. The molecule has 0 aliphatic rings. The Kier molecular flexibility index (Phi) is 6.49. The predicted octanol–water partition coefficient (Wildman–Crippen LogP) is 3.18. The third-order valence-electron chi connectivity index (χ3n) is 3.10. The van der Waals surface area contributed by atoms with Gasteiger partial charge in [0.15, 0.2) is 6.10 Å². The van der Waals surface area contributed by atoms with Crippen molar-refractivity contribution in [3.63, 3.8) is 0 Å². The standard InChI is InChI=1S/C15H22BrNO3/c1-5-9(2)17-15(19)11(4)20-14-7-6-12(16)8-13(14)10(3)18/h6-11,18H,5H2,1-4H3,(H,17,19)/t9?,10-,11?/m0/s1. The van der Waals surface area contributed by atoms with E-state index in [0.717, 1.165) is 10.9 Å². The van der Waals surface area contributed by atoms with Crippen LogP contribution in [-0.4, -0.2) is 23.2 Å². The third-order valence-corrected chi connectivity index (χ3v) is 3.59. The molecule has 3 atom stereocenters. The molecular formula is C15H22BrNO3. The smallest absolute Gasteiger partial charge is 0.260 e. The van der Waals surface area contributed by atoms with E-state index >= 15 is 0 Å². The molecule has 5 heteroatoms. The minimum atomic E-state index is -0.660. The summed E-state index contributed by atoms with van der Waals surface area (Å²) in [5, 5.41) is 12.6. The summed E-state index contributed by atoms with van der Waals surface area (Å²) in [5.41, 5.74) is 0.655. The number of hydrogen-bond acceptors (Lipinski definition) is 3. The van der Waals surface area contributed by atoms with Crippen LogP contribution < -0.4 is 10.1 Å². The topological polar surface area (TPSA) is 58.6 Å². The number of ether oxygens (including phenoxy) is 1. The number of carbonyl (C=O) groups excluding carboxylic acids is 1.